The second-order valence-electron chi connectivity index (χ2n) is 5.49. The Kier molecular flexibility index (Phi) is 5.14. The van der Waals surface area contributed by atoms with Gasteiger partial charge in [-0.1, -0.05) is 32.1 Å². The molecular weight excluding hydrogens is 272 g/mol. The summed E-state index contributed by atoms with van der Waals surface area (Å²) in [5.41, 5.74) is 0.0316. The molecule has 1 aliphatic carbocycles. The average Bonchev–Trinajstić information content (AvgIpc) is 2.40. The first-order valence-electron chi connectivity index (χ1n) is 7.36. The molecule has 0 bridgehead atoms. The minimum absolute atomic E-state index is 0.0418. The predicted molar refractivity (Wildman–Crippen MR) is 79.2 cm³/mol. The van der Waals surface area contributed by atoms with Crippen LogP contribution in [0.4, 0.5) is 11.4 Å². The van der Waals surface area contributed by atoms with E-state index >= 15 is 0 Å². The van der Waals surface area contributed by atoms with E-state index in [1.807, 2.05) is 0 Å². The van der Waals surface area contributed by atoms with Crippen molar-refractivity contribution in [2.45, 2.75) is 44.9 Å². The fraction of sp³-hybridized carbons (Fsp3) is 0.533. The van der Waals surface area contributed by atoms with E-state index in [9.17, 15) is 20.0 Å². The van der Waals surface area contributed by atoms with E-state index in [4.69, 9.17) is 0 Å². The van der Waals surface area contributed by atoms with Gasteiger partial charge < -0.3 is 10.4 Å². The highest BCUT2D eigenvalue weighted by Gasteiger charge is 2.21. The van der Waals surface area contributed by atoms with Gasteiger partial charge in [-0.2, -0.15) is 0 Å². The van der Waals surface area contributed by atoms with E-state index in [1.165, 1.54) is 18.6 Å². The third-order valence-electron chi connectivity index (χ3n) is 3.93. The predicted octanol–water partition coefficient (Wildman–Crippen LogP) is 3.60. The fourth-order valence-electron chi connectivity index (χ4n) is 2.69. The molecule has 2 N–H and O–H groups in total. The molecule has 0 heterocycles. The van der Waals surface area contributed by atoms with Crippen LogP contribution in [0.3, 0.4) is 0 Å². The minimum Gasteiger partial charge on any atom is -0.506 e. The van der Waals surface area contributed by atoms with Crippen molar-refractivity contribution in [3.8, 4) is 5.75 Å². The zero-order valence-corrected chi connectivity index (χ0v) is 11.9. The number of phenolic OH excluding ortho intramolecular Hbond substituents is 1. The maximum Gasteiger partial charge on any atom is 0.273 e. The number of carbonyl (C=O) groups excluding carboxylic acids is 1. The van der Waals surface area contributed by atoms with Crippen LogP contribution < -0.4 is 5.32 Å². The molecule has 1 aromatic carbocycles. The Morgan fingerprint density at radius 1 is 1.19 bits per heavy atom. The van der Waals surface area contributed by atoms with Crippen LogP contribution in [0.15, 0.2) is 18.2 Å². The van der Waals surface area contributed by atoms with Crippen LogP contribution in [-0.4, -0.2) is 15.9 Å². The largest absolute Gasteiger partial charge is 0.506 e. The normalized spacial score (nSPS) is 16.8. The first kappa shape index (κ1) is 15.3. The highest BCUT2D eigenvalue weighted by Crippen LogP contribution is 2.29. The molecule has 0 atom stereocenters. The van der Waals surface area contributed by atoms with Gasteiger partial charge in [0.05, 0.1) is 16.7 Å². The van der Waals surface area contributed by atoms with Crippen molar-refractivity contribution < 1.29 is 14.8 Å². The molecule has 6 nitrogen and oxygen atoms in total. The number of hydrogen-bond acceptors (Lipinski definition) is 4. The Labute approximate surface area is 123 Å². The topological polar surface area (TPSA) is 92.5 Å². The fourth-order valence-corrected chi connectivity index (χ4v) is 2.69. The van der Waals surface area contributed by atoms with Crippen molar-refractivity contribution in [2.75, 3.05) is 5.32 Å². The highest BCUT2D eigenvalue weighted by molar-refractivity contribution is 5.94. The molecule has 0 radical (unpaired) electrons. The molecule has 1 fully saturated rings. The number of amides is 1. The van der Waals surface area contributed by atoms with Crippen LogP contribution in [0, 0.1) is 16.0 Å². The lowest BCUT2D eigenvalue weighted by Crippen LogP contribution is -2.23. The van der Waals surface area contributed by atoms with Crippen molar-refractivity contribution in [3.05, 3.63) is 28.3 Å². The Hall–Kier alpha value is -2.11. The summed E-state index contributed by atoms with van der Waals surface area (Å²) < 4.78 is 0. The van der Waals surface area contributed by atoms with Gasteiger partial charge in [0.25, 0.3) is 5.69 Å². The van der Waals surface area contributed by atoms with Crippen LogP contribution >= 0.6 is 0 Å². The molecule has 114 valence electrons. The SMILES string of the molecule is O=C(Nc1ccc([N+](=O)[O-])cc1O)C1CCCCCCC1. The number of hydrogen-bond donors (Lipinski definition) is 2. The van der Waals surface area contributed by atoms with Gasteiger partial charge >= 0.3 is 0 Å². The third kappa shape index (κ3) is 4.18. The number of benzene rings is 1. The lowest BCUT2D eigenvalue weighted by atomic mass is 9.90. The van der Waals surface area contributed by atoms with E-state index in [2.05, 4.69) is 5.32 Å². The summed E-state index contributed by atoms with van der Waals surface area (Å²) in [6.45, 7) is 0. The first-order valence-corrected chi connectivity index (χ1v) is 7.36. The Bertz CT molecular complexity index is 522. The van der Waals surface area contributed by atoms with Crippen molar-refractivity contribution in [2.24, 2.45) is 5.92 Å². The van der Waals surface area contributed by atoms with Gasteiger partial charge in [-0.15, -0.1) is 0 Å². The molecule has 1 aliphatic rings. The number of carbonyl (C=O) groups is 1. The van der Waals surface area contributed by atoms with Crippen LogP contribution in [0.25, 0.3) is 0 Å². The Morgan fingerprint density at radius 2 is 1.81 bits per heavy atom. The number of rotatable bonds is 3. The smallest absolute Gasteiger partial charge is 0.273 e. The van der Waals surface area contributed by atoms with Crippen LogP contribution in [0.2, 0.25) is 0 Å². The molecule has 6 heteroatoms. The Balaban J connectivity index is 2.02. The summed E-state index contributed by atoms with van der Waals surface area (Å²) in [6, 6.07) is 3.69. The number of non-ortho nitro benzene ring substituents is 1. The number of nitro groups is 1. The second-order valence-corrected chi connectivity index (χ2v) is 5.49. The van der Waals surface area contributed by atoms with Crippen molar-refractivity contribution >= 4 is 17.3 Å². The lowest BCUT2D eigenvalue weighted by molar-refractivity contribution is -0.384. The van der Waals surface area contributed by atoms with E-state index in [-0.39, 0.29) is 28.9 Å². The number of phenols is 1. The van der Waals surface area contributed by atoms with Gasteiger partial charge in [-0.3, -0.25) is 14.9 Å². The van der Waals surface area contributed by atoms with Crippen molar-refractivity contribution in [1.82, 2.24) is 0 Å². The highest BCUT2D eigenvalue weighted by atomic mass is 16.6. The molecule has 0 saturated heterocycles. The summed E-state index contributed by atoms with van der Waals surface area (Å²) in [4.78, 5) is 22.3. The molecule has 21 heavy (non-hydrogen) atoms. The first-order chi connectivity index (χ1) is 10.1. The zero-order chi connectivity index (χ0) is 15.2. The average molecular weight is 292 g/mol. The number of nitrogens with one attached hydrogen (secondary N) is 1. The number of anilines is 1. The standard InChI is InChI=1S/C15H20N2O4/c18-14-10-12(17(20)21)8-9-13(14)16-15(19)11-6-4-2-1-3-5-7-11/h8-11,18H,1-7H2,(H,16,19). The summed E-state index contributed by atoms with van der Waals surface area (Å²) in [7, 11) is 0. The third-order valence-corrected chi connectivity index (χ3v) is 3.93. The number of nitrogens with zero attached hydrogens (tertiary/aromatic N) is 1. The summed E-state index contributed by atoms with van der Waals surface area (Å²) in [5.74, 6) is -0.427. The van der Waals surface area contributed by atoms with Gasteiger partial charge in [0.2, 0.25) is 5.91 Å². The van der Waals surface area contributed by atoms with Gasteiger partial charge in [-0.25, -0.2) is 0 Å². The molecule has 0 spiro atoms. The maximum atomic E-state index is 12.2. The van der Waals surface area contributed by atoms with Crippen molar-refractivity contribution in [3.63, 3.8) is 0 Å². The van der Waals surface area contributed by atoms with Crippen LogP contribution in [0.1, 0.15) is 44.9 Å². The van der Waals surface area contributed by atoms with Crippen LogP contribution in [0.5, 0.6) is 5.75 Å². The summed E-state index contributed by atoms with van der Waals surface area (Å²) in [5, 5.41) is 23.1. The quantitative estimate of drug-likeness (QED) is 0.505. The number of nitro benzene ring substituents is 1. The van der Waals surface area contributed by atoms with Crippen molar-refractivity contribution in [1.29, 1.82) is 0 Å². The monoisotopic (exact) mass is 292 g/mol. The molecule has 0 unspecified atom stereocenters. The lowest BCUT2D eigenvalue weighted by Gasteiger charge is -2.19. The molecular formula is C15H20N2O4. The zero-order valence-electron chi connectivity index (χ0n) is 11.9. The van der Waals surface area contributed by atoms with Gasteiger partial charge in [0, 0.05) is 12.0 Å². The maximum absolute atomic E-state index is 12.2. The molecule has 0 aromatic heterocycles. The van der Waals surface area contributed by atoms with Gasteiger partial charge in [0.15, 0.2) is 0 Å². The van der Waals surface area contributed by atoms with E-state index in [0.717, 1.165) is 44.6 Å². The van der Waals surface area contributed by atoms with Gasteiger partial charge in [-0.05, 0) is 18.9 Å². The van der Waals surface area contributed by atoms with Gasteiger partial charge in [0.1, 0.15) is 5.75 Å². The second kappa shape index (κ2) is 7.06. The van der Waals surface area contributed by atoms with Crippen LogP contribution in [-0.2, 0) is 4.79 Å². The molecule has 1 aromatic rings. The molecule has 1 amide bonds. The van der Waals surface area contributed by atoms with E-state index in [0.29, 0.717) is 0 Å². The van der Waals surface area contributed by atoms with E-state index < -0.39 is 4.92 Å². The number of aromatic hydroxyl groups is 1. The van der Waals surface area contributed by atoms with E-state index in [1.54, 1.807) is 0 Å². The Morgan fingerprint density at radius 3 is 2.38 bits per heavy atom. The summed E-state index contributed by atoms with van der Waals surface area (Å²) in [6.07, 6.45) is 7.37. The molecule has 1 saturated carbocycles. The minimum atomic E-state index is -0.583. The summed E-state index contributed by atoms with van der Waals surface area (Å²) >= 11 is 0. The molecule has 2 rings (SSSR count). The molecule has 0 aliphatic heterocycles.